The molecule has 3 fully saturated rings. The van der Waals surface area contributed by atoms with Crippen molar-refractivity contribution in [3.8, 4) is 17.1 Å². The number of ether oxygens (including phenoxy) is 1. The summed E-state index contributed by atoms with van der Waals surface area (Å²) in [5, 5.41) is -0.630. The number of hydrogen-bond donors (Lipinski definition) is 1. The number of carbonyl (C=O) groups is 1. The number of hydrogen-bond acceptors (Lipinski definition) is 8. The molecule has 4 unspecified atom stereocenters. The molecule has 3 saturated heterocycles. The van der Waals surface area contributed by atoms with E-state index in [1.165, 1.54) is 6.08 Å². The van der Waals surface area contributed by atoms with Crippen LogP contribution < -0.4 is 15.4 Å². The number of alkyl halides is 4. The molecule has 0 radical (unpaired) electrons. The molecule has 0 spiro atoms. The number of amides is 1. The summed E-state index contributed by atoms with van der Waals surface area (Å²) in [6.07, 6.45) is -3.28. The highest BCUT2D eigenvalue weighted by molar-refractivity contribution is 7.23. The third kappa shape index (κ3) is 5.70. The predicted octanol–water partition coefficient (Wildman–Crippen LogP) is 7.51. The number of carbonyl (C=O) groups excluding carboxylic acids is 1. The second kappa shape index (κ2) is 12.6. The van der Waals surface area contributed by atoms with Crippen LogP contribution in [0.2, 0.25) is 0 Å². The number of nitrogen functional groups attached to an aromatic ring is 1. The fourth-order valence-electron chi connectivity index (χ4n) is 8.16. The number of aromatic nitrogens is 2. The molecule has 268 valence electrons. The molecule has 4 atom stereocenters. The summed E-state index contributed by atoms with van der Waals surface area (Å²) >= 11 is 0.683. The zero-order valence-electron chi connectivity index (χ0n) is 27.7. The van der Waals surface area contributed by atoms with Crippen LogP contribution in [0.4, 0.5) is 42.8 Å². The summed E-state index contributed by atoms with van der Waals surface area (Å²) in [6.45, 7) is 15.9. The van der Waals surface area contributed by atoms with Crippen molar-refractivity contribution >= 4 is 54.7 Å². The van der Waals surface area contributed by atoms with Crippen molar-refractivity contribution in [2.24, 2.45) is 0 Å². The van der Waals surface area contributed by atoms with Gasteiger partial charge in [-0.25, -0.2) is 18.0 Å². The number of anilines is 2. The first-order chi connectivity index (χ1) is 24.2. The fraction of sp³-hybridized carbons (Fsp3) is 0.429. The molecule has 0 aliphatic carbocycles. The summed E-state index contributed by atoms with van der Waals surface area (Å²) in [7, 11) is 0. The van der Waals surface area contributed by atoms with Gasteiger partial charge in [-0.3, -0.25) is 9.69 Å². The maximum atomic E-state index is 17.1. The van der Waals surface area contributed by atoms with Crippen molar-refractivity contribution in [2.45, 2.75) is 63.1 Å². The maximum Gasteiger partial charge on any atom is 0.417 e. The number of nitrogens with zero attached hydrogens (tertiary/aromatic N) is 6. The number of piperazine rings is 1. The Morgan fingerprint density at radius 2 is 1.94 bits per heavy atom. The number of benzene rings is 2. The first-order valence-electron chi connectivity index (χ1n) is 16.4. The van der Waals surface area contributed by atoms with E-state index < -0.39 is 58.2 Å². The SMILES string of the molecule is [C-]#[N+]c1c(N)sc2c(F)ccc(-c3c(C(F)(F)F)cc4c(N5CC(C)N(C(=O)C=C)C(C)C5)nc(OCC56CCCN5CC(F)C6)nc4c3F)c12. The minimum absolute atomic E-state index is 0.0248. The van der Waals surface area contributed by atoms with E-state index in [4.69, 9.17) is 17.0 Å². The van der Waals surface area contributed by atoms with Gasteiger partial charge in [-0.05, 0) is 57.0 Å². The molecule has 9 nitrogen and oxygen atoms in total. The molecular formula is C35H33F6N7O2S. The highest BCUT2D eigenvalue weighted by Gasteiger charge is 2.49. The van der Waals surface area contributed by atoms with Gasteiger partial charge in [0.05, 0.1) is 27.4 Å². The van der Waals surface area contributed by atoms with Gasteiger partial charge in [-0.1, -0.05) is 12.6 Å². The van der Waals surface area contributed by atoms with E-state index in [1.54, 1.807) is 23.6 Å². The number of fused-ring (bicyclic) bond motifs is 3. The molecule has 3 aliphatic rings. The molecule has 1 amide bonds. The van der Waals surface area contributed by atoms with Gasteiger partial charge in [0.2, 0.25) is 11.6 Å². The second-order valence-corrected chi connectivity index (χ2v) is 14.5. The van der Waals surface area contributed by atoms with Gasteiger partial charge in [0, 0.05) is 54.5 Å². The van der Waals surface area contributed by atoms with E-state index in [0.29, 0.717) is 24.3 Å². The van der Waals surface area contributed by atoms with Crippen molar-refractivity contribution < 1.29 is 35.9 Å². The molecule has 16 heteroatoms. The molecule has 0 bridgehead atoms. The van der Waals surface area contributed by atoms with Crippen LogP contribution in [0.1, 0.15) is 38.7 Å². The highest BCUT2D eigenvalue weighted by atomic mass is 32.1. The molecule has 5 heterocycles. The summed E-state index contributed by atoms with van der Waals surface area (Å²) in [4.78, 5) is 30.1. The monoisotopic (exact) mass is 729 g/mol. The Hall–Kier alpha value is -4.62. The average Bonchev–Trinajstić information content (AvgIpc) is 3.72. The van der Waals surface area contributed by atoms with Crippen LogP contribution in [-0.4, -0.2) is 82.3 Å². The molecule has 7 rings (SSSR count). The lowest BCUT2D eigenvalue weighted by atomic mass is 9.93. The zero-order valence-corrected chi connectivity index (χ0v) is 28.5. The minimum atomic E-state index is -5.12. The predicted molar refractivity (Wildman–Crippen MR) is 183 cm³/mol. The summed E-state index contributed by atoms with van der Waals surface area (Å²) in [5.74, 6) is -2.57. The zero-order chi connectivity index (χ0) is 36.6. The van der Waals surface area contributed by atoms with Crippen molar-refractivity contribution in [3.63, 3.8) is 0 Å². The Labute approximate surface area is 293 Å². The first-order valence-corrected chi connectivity index (χ1v) is 17.2. The Morgan fingerprint density at radius 3 is 2.61 bits per heavy atom. The Kier molecular flexibility index (Phi) is 8.57. The van der Waals surface area contributed by atoms with Gasteiger partial charge in [0.25, 0.3) is 0 Å². The largest absolute Gasteiger partial charge is 0.461 e. The highest BCUT2D eigenvalue weighted by Crippen LogP contribution is 2.51. The van der Waals surface area contributed by atoms with E-state index in [2.05, 4.69) is 21.4 Å². The molecule has 2 aromatic carbocycles. The van der Waals surface area contributed by atoms with Crippen LogP contribution in [0, 0.1) is 18.2 Å². The lowest BCUT2D eigenvalue weighted by molar-refractivity contribution is -0.137. The normalized spacial score (nSPS) is 23.9. The van der Waals surface area contributed by atoms with Gasteiger partial charge < -0.3 is 20.3 Å². The lowest BCUT2D eigenvalue weighted by Gasteiger charge is -2.44. The quantitative estimate of drug-likeness (QED) is 0.125. The Morgan fingerprint density at radius 1 is 1.22 bits per heavy atom. The first kappa shape index (κ1) is 34.8. The summed E-state index contributed by atoms with van der Waals surface area (Å²) in [5.41, 5.74) is 1.86. The molecule has 4 aromatic rings. The van der Waals surface area contributed by atoms with Crippen molar-refractivity contribution in [1.29, 1.82) is 0 Å². The standard InChI is InChI=1S/C35H33F6N7O2S/c1-5-24(49)48-17(2)13-46(14-18(48)3)32-21-11-22(35(39,40)41)25(20-7-8-23(37)30-26(20)29(43-4)31(42)51-30)27(38)28(21)44-33(45-32)50-16-34-9-6-10-47(34)15-19(36)12-34/h5,7-8,11,17-19H,1,6,9-10,12-16,42H2,2-3H3. The number of thiophene rings is 1. The fourth-order valence-corrected chi connectivity index (χ4v) is 9.10. The molecule has 3 aliphatic heterocycles. The Bertz CT molecular complexity index is 2120. The maximum absolute atomic E-state index is 17.1. The van der Waals surface area contributed by atoms with Gasteiger partial charge in [-0.2, -0.15) is 23.1 Å². The van der Waals surface area contributed by atoms with Crippen LogP contribution >= 0.6 is 11.3 Å². The van der Waals surface area contributed by atoms with E-state index in [1.807, 2.05) is 4.90 Å². The molecule has 0 saturated carbocycles. The van der Waals surface area contributed by atoms with Crippen molar-refractivity contribution in [3.05, 3.63) is 59.5 Å². The van der Waals surface area contributed by atoms with E-state index >= 15 is 17.6 Å². The average molecular weight is 730 g/mol. The van der Waals surface area contributed by atoms with Crippen LogP contribution in [0.15, 0.2) is 30.9 Å². The van der Waals surface area contributed by atoms with E-state index in [0.717, 1.165) is 24.6 Å². The topological polar surface area (TPSA) is 92.2 Å². The third-order valence-electron chi connectivity index (χ3n) is 10.2. The second-order valence-electron chi connectivity index (χ2n) is 13.5. The van der Waals surface area contributed by atoms with Crippen LogP contribution in [0.5, 0.6) is 6.01 Å². The smallest absolute Gasteiger partial charge is 0.417 e. The summed E-state index contributed by atoms with van der Waals surface area (Å²) in [6, 6.07) is 1.47. The van der Waals surface area contributed by atoms with Gasteiger partial charge in [-0.15, -0.1) is 11.3 Å². The van der Waals surface area contributed by atoms with E-state index in [9.17, 15) is 13.6 Å². The number of halogens is 6. The van der Waals surface area contributed by atoms with Crippen LogP contribution in [0.3, 0.4) is 0 Å². The van der Waals surface area contributed by atoms with E-state index in [-0.39, 0.29) is 82.1 Å². The molecular weight excluding hydrogens is 696 g/mol. The summed E-state index contributed by atoms with van der Waals surface area (Å²) < 4.78 is 97.6. The Balaban J connectivity index is 1.45. The van der Waals surface area contributed by atoms with Gasteiger partial charge in [0.15, 0.2) is 5.82 Å². The minimum Gasteiger partial charge on any atom is -0.461 e. The molecule has 2 N–H and O–H groups in total. The van der Waals surface area contributed by atoms with Crippen molar-refractivity contribution in [1.82, 2.24) is 19.8 Å². The van der Waals surface area contributed by atoms with Crippen molar-refractivity contribution in [2.75, 3.05) is 43.4 Å². The van der Waals surface area contributed by atoms with Gasteiger partial charge >= 0.3 is 12.2 Å². The molecule has 2 aromatic heterocycles. The number of rotatable bonds is 6. The number of nitrogens with two attached hydrogens (primary N) is 1. The third-order valence-corrected chi connectivity index (χ3v) is 11.3. The van der Waals surface area contributed by atoms with Crippen LogP contribution in [-0.2, 0) is 11.0 Å². The van der Waals surface area contributed by atoms with Crippen LogP contribution in [0.25, 0.3) is 37.0 Å². The lowest BCUT2D eigenvalue weighted by Crippen LogP contribution is -2.58. The van der Waals surface area contributed by atoms with Gasteiger partial charge in [0.1, 0.15) is 29.9 Å². The molecule has 51 heavy (non-hydrogen) atoms.